The minimum absolute atomic E-state index is 0.873. The van der Waals surface area contributed by atoms with Crippen LogP contribution in [0.3, 0.4) is 0 Å². The highest BCUT2D eigenvalue weighted by Crippen LogP contribution is 2.42. The molecule has 0 spiro atoms. The number of hydrogen-bond acceptors (Lipinski definition) is 2. The van der Waals surface area contributed by atoms with Crippen molar-refractivity contribution >= 4 is 82.1 Å². The van der Waals surface area contributed by atoms with Gasteiger partial charge in [-0.25, -0.2) is 0 Å². The van der Waals surface area contributed by atoms with Crippen LogP contribution >= 0.6 is 0 Å². The number of hydrogen-bond donors (Lipinski definition) is 0. The van der Waals surface area contributed by atoms with Crippen molar-refractivity contribution in [2.75, 3.05) is 4.90 Å². The molecule has 2 heteroatoms. The molecule has 252 valence electrons. The second kappa shape index (κ2) is 12.2. The monoisotopic (exact) mass is 687 g/mol. The molecule has 0 amide bonds. The third-order valence-corrected chi connectivity index (χ3v) is 11.0. The number of fused-ring (bicyclic) bond motifs is 10. The average Bonchev–Trinajstić information content (AvgIpc) is 3.63. The standard InChI is InChI=1S/C52H33NO/c1-2-8-34(9-3-1)35-18-24-42(25-19-35)53(44-28-30-48-50(33-44)54-49-31-23-38-11-5-7-13-46(38)52(48)49)43-26-20-36(21-27-43)40-22-29-47-41(32-40)17-16-39-15-14-37-10-4-6-12-45(37)51(39)47/h1-33H. The van der Waals surface area contributed by atoms with Crippen molar-refractivity contribution in [1.29, 1.82) is 0 Å². The molecule has 0 bridgehead atoms. The van der Waals surface area contributed by atoms with Gasteiger partial charge in [0.1, 0.15) is 11.2 Å². The Morgan fingerprint density at radius 2 is 0.778 bits per heavy atom. The molecule has 0 fully saturated rings. The van der Waals surface area contributed by atoms with Crippen molar-refractivity contribution in [2.45, 2.75) is 0 Å². The van der Waals surface area contributed by atoms with Gasteiger partial charge in [-0.2, -0.15) is 0 Å². The molecule has 2 nitrogen and oxygen atoms in total. The van der Waals surface area contributed by atoms with Gasteiger partial charge in [-0.1, -0.05) is 146 Å². The van der Waals surface area contributed by atoms with Crippen LogP contribution in [-0.4, -0.2) is 0 Å². The summed E-state index contributed by atoms with van der Waals surface area (Å²) in [4.78, 5) is 2.32. The lowest BCUT2D eigenvalue weighted by atomic mass is 9.94. The Labute approximate surface area is 312 Å². The van der Waals surface area contributed by atoms with Gasteiger partial charge in [0.2, 0.25) is 0 Å². The van der Waals surface area contributed by atoms with E-state index >= 15 is 0 Å². The second-order valence-corrected chi connectivity index (χ2v) is 14.1. The zero-order valence-corrected chi connectivity index (χ0v) is 29.4. The predicted octanol–water partition coefficient (Wildman–Crippen LogP) is 15.0. The fraction of sp³-hybridized carbons (Fsp3) is 0. The average molecular weight is 688 g/mol. The van der Waals surface area contributed by atoms with E-state index in [0.717, 1.165) is 39.0 Å². The smallest absolute Gasteiger partial charge is 0.137 e. The van der Waals surface area contributed by atoms with E-state index in [1.165, 1.54) is 65.3 Å². The third kappa shape index (κ3) is 4.96. The molecule has 10 aromatic carbocycles. The van der Waals surface area contributed by atoms with E-state index in [-0.39, 0.29) is 0 Å². The quantitative estimate of drug-likeness (QED) is 0.168. The number of rotatable bonds is 5. The molecule has 1 heterocycles. The van der Waals surface area contributed by atoms with Crippen LogP contribution in [0.2, 0.25) is 0 Å². The minimum Gasteiger partial charge on any atom is -0.456 e. The molecule has 0 aliphatic heterocycles. The molecule has 0 radical (unpaired) electrons. The summed E-state index contributed by atoms with van der Waals surface area (Å²) in [6, 6.07) is 72.2. The summed E-state index contributed by atoms with van der Waals surface area (Å²) < 4.78 is 6.54. The highest BCUT2D eigenvalue weighted by Gasteiger charge is 2.17. The van der Waals surface area contributed by atoms with Crippen LogP contribution in [0.25, 0.3) is 87.3 Å². The van der Waals surface area contributed by atoms with Crippen LogP contribution < -0.4 is 4.90 Å². The van der Waals surface area contributed by atoms with Gasteiger partial charge in [-0.3, -0.25) is 0 Å². The molecule has 11 rings (SSSR count). The van der Waals surface area contributed by atoms with Crippen LogP contribution in [-0.2, 0) is 0 Å². The normalized spacial score (nSPS) is 11.7. The van der Waals surface area contributed by atoms with Crippen LogP contribution in [0.15, 0.2) is 205 Å². The summed E-state index contributed by atoms with van der Waals surface area (Å²) in [7, 11) is 0. The largest absolute Gasteiger partial charge is 0.456 e. The maximum absolute atomic E-state index is 6.54. The lowest BCUT2D eigenvalue weighted by Gasteiger charge is -2.26. The van der Waals surface area contributed by atoms with Gasteiger partial charge in [0.25, 0.3) is 0 Å². The Bertz CT molecular complexity index is 3190. The molecule has 54 heavy (non-hydrogen) atoms. The van der Waals surface area contributed by atoms with E-state index in [4.69, 9.17) is 4.42 Å². The predicted molar refractivity (Wildman–Crippen MR) is 229 cm³/mol. The molecular formula is C52H33NO. The molecule has 0 aliphatic rings. The van der Waals surface area contributed by atoms with Crippen molar-refractivity contribution in [2.24, 2.45) is 0 Å². The highest BCUT2D eigenvalue weighted by atomic mass is 16.3. The van der Waals surface area contributed by atoms with Crippen LogP contribution in [0.5, 0.6) is 0 Å². The molecule has 0 saturated heterocycles. The molecular weight excluding hydrogens is 655 g/mol. The summed E-state index contributed by atoms with van der Waals surface area (Å²) >= 11 is 0. The third-order valence-electron chi connectivity index (χ3n) is 11.0. The number of benzene rings is 10. The number of furan rings is 1. The first-order valence-electron chi connectivity index (χ1n) is 18.5. The SMILES string of the molecule is c1ccc(-c2ccc(N(c3ccc(-c4ccc5c(ccc6ccc7ccccc7c65)c4)cc3)c3ccc4c(c3)oc3ccc5ccccc5c34)cc2)cc1. The van der Waals surface area contributed by atoms with Gasteiger partial charge < -0.3 is 9.32 Å². The molecule has 0 saturated carbocycles. The maximum Gasteiger partial charge on any atom is 0.137 e. The number of nitrogens with zero attached hydrogens (tertiary/aromatic N) is 1. The molecule has 11 aromatic rings. The van der Waals surface area contributed by atoms with Crippen LogP contribution in [0, 0.1) is 0 Å². The lowest BCUT2D eigenvalue weighted by molar-refractivity contribution is 0.669. The van der Waals surface area contributed by atoms with Gasteiger partial charge >= 0.3 is 0 Å². The highest BCUT2D eigenvalue weighted by molar-refractivity contribution is 6.21. The van der Waals surface area contributed by atoms with Crippen molar-refractivity contribution < 1.29 is 4.42 Å². The first-order chi connectivity index (χ1) is 26.7. The van der Waals surface area contributed by atoms with Crippen molar-refractivity contribution in [3.63, 3.8) is 0 Å². The fourth-order valence-electron chi connectivity index (χ4n) is 8.37. The van der Waals surface area contributed by atoms with Gasteiger partial charge in [0, 0.05) is 33.9 Å². The Morgan fingerprint density at radius 1 is 0.278 bits per heavy atom. The van der Waals surface area contributed by atoms with Gasteiger partial charge in [-0.15, -0.1) is 0 Å². The molecule has 0 atom stereocenters. The minimum atomic E-state index is 0.873. The van der Waals surface area contributed by atoms with E-state index in [9.17, 15) is 0 Å². The maximum atomic E-state index is 6.54. The van der Waals surface area contributed by atoms with E-state index in [1.807, 2.05) is 0 Å². The Morgan fingerprint density at radius 3 is 1.50 bits per heavy atom. The zero-order valence-electron chi connectivity index (χ0n) is 29.4. The van der Waals surface area contributed by atoms with Gasteiger partial charge in [-0.05, 0) is 114 Å². The lowest BCUT2D eigenvalue weighted by Crippen LogP contribution is -2.09. The zero-order chi connectivity index (χ0) is 35.6. The fourth-order valence-corrected chi connectivity index (χ4v) is 8.37. The van der Waals surface area contributed by atoms with Crippen LogP contribution in [0.4, 0.5) is 17.1 Å². The topological polar surface area (TPSA) is 16.4 Å². The van der Waals surface area contributed by atoms with E-state index in [0.29, 0.717) is 0 Å². The first-order valence-corrected chi connectivity index (χ1v) is 18.5. The van der Waals surface area contributed by atoms with Crippen molar-refractivity contribution in [1.82, 2.24) is 0 Å². The summed E-state index contributed by atoms with van der Waals surface area (Å²) in [5, 5.41) is 12.4. The van der Waals surface area contributed by atoms with E-state index in [2.05, 4.69) is 205 Å². The summed E-state index contributed by atoms with van der Waals surface area (Å²) in [6.07, 6.45) is 0. The Hall–Kier alpha value is -7.16. The molecule has 0 N–H and O–H groups in total. The van der Waals surface area contributed by atoms with E-state index < -0.39 is 0 Å². The first kappa shape index (κ1) is 30.5. The summed E-state index contributed by atoms with van der Waals surface area (Å²) in [5.41, 5.74) is 9.73. The van der Waals surface area contributed by atoms with Crippen molar-refractivity contribution in [3.05, 3.63) is 200 Å². The summed E-state index contributed by atoms with van der Waals surface area (Å²) in [6.45, 7) is 0. The van der Waals surface area contributed by atoms with Crippen LogP contribution in [0.1, 0.15) is 0 Å². The summed E-state index contributed by atoms with van der Waals surface area (Å²) in [5.74, 6) is 0. The molecule has 1 aromatic heterocycles. The number of anilines is 3. The Balaban J connectivity index is 1.01. The molecule has 0 unspecified atom stereocenters. The van der Waals surface area contributed by atoms with Crippen molar-refractivity contribution in [3.8, 4) is 22.3 Å². The molecule has 0 aliphatic carbocycles. The Kier molecular flexibility index (Phi) is 6.90. The van der Waals surface area contributed by atoms with Gasteiger partial charge in [0.05, 0.1) is 0 Å². The van der Waals surface area contributed by atoms with Gasteiger partial charge in [0.15, 0.2) is 0 Å². The second-order valence-electron chi connectivity index (χ2n) is 14.1. The van der Waals surface area contributed by atoms with E-state index in [1.54, 1.807) is 0 Å².